The van der Waals surface area contributed by atoms with Crippen molar-refractivity contribution in [1.82, 2.24) is 9.71 Å². The van der Waals surface area contributed by atoms with E-state index in [0.717, 1.165) is 19.3 Å². The quantitative estimate of drug-likeness (QED) is 0.917. The van der Waals surface area contributed by atoms with E-state index >= 15 is 0 Å². The molecule has 0 saturated heterocycles. The molecule has 1 atom stereocenters. The van der Waals surface area contributed by atoms with Crippen LogP contribution < -0.4 is 9.46 Å². The van der Waals surface area contributed by atoms with Gasteiger partial charge in [0.2, 0.25) is 15.9 Å². The van der Waals surface area contributed by atoms with Crippen molar-refractivity contribution in [1.29, 1.82) is 0 Å². The van der Waals surface area contributed by atoms with Crippen LogP contribution in [0, 0.1) is 5.41 Å². The number of ether oxygens (including phenoxy) is 1. The number of pyridine rings is 1. The highest BCUT2D eigenvalue weighted by molar-refractivity contribution is 7.89. The van der Waals surface area contributed by atoms with Crippen molar-refractivity contribution in [3.63, 3.8) is 0 Å². The molecule has 5 nitrogen and oxygen atoms in total. The molecule has 1 unspecified atom stereocenters. The van der Waals surface area contributed by atoms with E-state index in [-0.39, 0.29) is 16.4 Å². The SMILES string of the molecule is COc1ccc(S(=O)(=O)NC2CCCC2(C)C)cn1. The Balaban J connectivity index is 2.18. The van der Waals surface area contributed by atoms with Gasteiger partial charge in [-0.1, -0.05) is 20.3 Å². The third-order valence-electron chi connectivity index (χ3n) is 3.78. The lowest BCUT2D eigenvalue weighted by molar-refractivity contribution is 0.313. The maximum Gasteiger partial charge on any atom is 0.242 e. The van der Waals surface area contributed by atoms with E-state index in [1.165, 1.54) is 19.4 Å². The van der Waals surface area contributed by atoms with Crippen molar-refractivity contribution >= 4 is 10.0 Å². The van der Waals surface area contributed by atoms with Crippen LogP contribution in [-0.4, -0.2) is 26.6 Å². The Morgan fingerprint density at radius 1 is 1.42 bits per heavy atom. The molecule has 1 saturated carbocycles. The molecule has 1 aliphatic rings. The molecular weight excluding hydrogens is 264 g/mol. The van der Waals surface area contributed by atoms with Crippen molar-refractivity contribution in [3.8, 4) is 5.88 Å². The zero-order valence-corrected chi connectivity index (χ0v) is 12.3. The number of nitrogens with zero attached hydrogens (tertiary/aromatic N) is 1. The van der Waals surface area contributed by atoms with Crippen LogP contribution >= 0.6 is 0 Å². The molecule has 0 radical (unpaired) electrons. The summed E-state index contributed by atoms with van der Waals surface area (Å²) in [5, 5.41) is 0. The second-order valence-electron chi connectivity index (χ2n) is 5.59. The number of rotatable bonds is 4. The fraction of sp³-hybridized carbons (Fsp3) is 0.615. The lowest BCUT2D eigenvalue weighted by Crippen LogP contribution is -2.41. The third kappa shape index (κ3) is 3.06. The normalized spacial score (nSPS) is 22.4. The highest BCUT2D eigenvalue weighted by Gasteiger charge is 2.37. The van der Waals surface area contributed by atoms with Crippen LogP contribution in [0.15, 0.2) is 23.2 Å². The Morgan fingerprint density at radius 3 is 2.63 bits per heavy atom. The summed E-state index contributed by atoms with van der Waals surface area (Å²) in [7, 11) is -2.01. The predicted molar refractivity (Wildman–Crippen MR) is 72.5 cm³/mol. The topological polar surface area (TPSA) is 68.3 Å². The summed E-state index contributed by atoms with van der Waals surface area (Å²) in [4.78, 5) is 4.11. The van der Waals surface area contributed by atoms with Gasteiger partial charge in [-0.15, -0.1) is 0 Å². The van der Waals surface area contributed by atoms with Crippen LogP contribution in [0.25, 0.3) is 0 Å². The Morgan fingerprint density at radius 2 is 2.16 bits per heavy atom. The maximum atomic E-state index is 12.3. The molecule has 0 aliphatic heterocycles. The molecule has 2 rings (SSSR count). The molecule has 0 spiro atoms. The van der Waals surface area contributed by atoms with Gasteiger partial charge in [-0.25, -0.2) is 18.1 Å². The van der Waals surface area contributed by atoms with E-state index in [1.807, 2.05) is 0 Å². The van der Waals surface area contributed by atoms with E-state index in [4.69, 9.17) is 4.74 Å². The van der Waals surface area contributed by atoms with Gasteiger partial charge in [0.15, 0.2) is 0 Å². The van der Waals surface area contributed by atoms with Crippen molar-refractivity contribution in [2.45, 2.75) is 44.0 Å². The van der Waals surface area contributed by atoms with Crippen molar-refractivity contribution < 1.29 is 13.2 Å². The molecule has 19 heavy (non-hydrogen) atoms. The second-order valence-corrected chi connectivity index (χ2v) is 7.30. The van der Waals surface area contributed by atoms with Crippen molar-refractivity contribution in [3.05, 3.63) is 18.3 Å². The van der Waals surface area contributed by atoms with E-state index in [9.17, 15) is 8.42 Å². The number of hydrogen-bond acceptors (Lipinski definition) is 4. The van der Waals surface area contributed by atoms with Gasteiger partial charge in [0.05, 0.1) is 13.3 Å². The highest BCUT2D eigenvalue weighted by atomic mass is 32.2. The summed E-state index contributed by atoms with van der Waals surface area (Å²) >= 11 is 0. The van der Waals surface area contributed by atoms with Crippen LogP contribution in [0.4, 0.5) is 0 Å². The summed E-state index contributed by atoms with van der Waals surface area (Å²) in [6, 6.07) is 3.05. The molecule has 0 bridgehead atoms. The monoisotopic (exact) mass is 284 g/mol. The molecule has 0 aromatic carbocycles. The Hall–Kier alpha value is -1.14. The average molecular weight is 284 g/mol. The van der Waals surface area contributed by atoms with Crippen LogP contribution in [0.3, 0.4) is 0 Å². The second kappa shape index (κ2) is 5.09. The van der Waals surface area contributed by atoms with Gasteiger partial charge in [-0.05, 0) is 24.3 Å². The third-order valence-corrected chi connectivity index (χ3v) is 5.24. The van der Waals surface area contributed by atoms with Gasteiger partial charge in [0, 0.05) is 12.1 Å². The molecular formula is C13H20N2O3S. The predicted octanol–water partition coefficient (Wildman–Crippen LogP) is 1.95. The molecule has 1 fully saturated rings. The minimum Gasteiger partial charge on any atom is -0.481 e. The summed E-state index contributed by atoms with van der Waals surface area (Å²) in [5.74, 6) is 0.403. The first-order chi connectivity index (χ1) is 8.85. The fourth-order valence-corrected chi connectivity index (χ4v) is 3.83. The molecule has 106 valence electrons. The van der Waals surface area contributed by atoms with Gasteiger partial charge >= 0.3 is 0 Å². The van der Waals surface area contributed by atoms with E-state index in [0.29, 0.717) is 5.88 Å². The lowest BCUT2D eigenvalue weighted by Gasteiger charge is -2.27. The molecule has 0 amide bonds. The number of aromatic nitrogens is 1. The van der Waals surface area contributed by atoms with E-state index in [2.05, 4.69) is 23.6 Å². The fourth-order valence-electron chi connectivity index (χ4n) is 2.45. The van der Waals surface area contributed by atoms with Crippen molar-refractivity contribution in [2.24, 2.45) is 5.41 Å². The summed E-state index contributed by atoms with van der Waals surface area (Å²) in [5.41, 5.74) is 0.00691. The number of sulfonamides is 1. The molecule has 1 aliphatic carbocycles. The molecule has 1 heterocycles. The summed E-state index contributed by atoms with van der Waals surface area (Å²) in [6.45, 7) is 4.19. The van der Waals surface area contributed by atoms with Gasteiger partial charge in [-0.2, -0.15) is 0 Å². The number of hydrogen-bond donors (Lipinski definition) is 1. The van der Waals surface area contributed by atoms with Crippen LogP contribution in [0.2, 0.25) is 0 Å². The Bertz CT molecular complexity index is 538. The Labute approximate surface area is 114 Å². The van der Waals surface area contributed by atoms with Gasteiger partial charge in [0.25, 0.3) is 0 Å². The zero-order valence-electron chi connectivity index (χ0n) is 11.5. The van der Waals surface area contributed by atoms with Crippen molar-refractivity contribution in [2.75, 3.05) is 7.11 Å². The first kappa shape index (κ1) is 14.3. The molecule has 1 aromatic heterocycles. The molecule has 1 N–H and O–H groups in total. The summed E-state index contributed by atoms with van der Waals surface area (Å²) in [6.07, 6.45) is 4.31. The highest BCUT2D eigenvalue weighted by Crippen LogP contribution is 2.37. The van der Waals surface area contributed by atoms with Gasteiger partial charge in [-0.3, -0.25) is 0 Å². The molecule has 1 aromatic rings. The van der Waals surface area contributed by atoms with E-state index in [1.54, 1.807) is 6.07 Å². The smallest absolute Gasteiger partial charge is 0.242 e. The average Bonchev–Trinajstić information content (AvgIpc) is 2.68. The lowest BCUT2D eigenvalue weighted by atomic mass is 9.88. The zero-order chi connectivity index (χ0) is 14.1. The minimum absolute atomic E-state index is 0.00691. The van der Waals surface area contributed by atoms with Crippen LogP contribution in [0.5, 0.6) is 5.88 Å². The van der Waals surface area contributed by atoms with Crippen LogP contribution in [0.1, 0.15) is 33.1 Å². The maximum absolute atomic E-state index is 12.3. The van der Waals surface area contributed by atoms with Crippen LogP contribution in [-0.2, 0) is 10.0 Å². The molecule has 6 heteroatoms. The number of nitrogens with one attached hydrogen (secondary N) is 1. The van der Waals surface area contributed by atoms with Gasteiger partial charge in [0.1, 0.15) is 4.90 Å². The first-order valence-electron chi connectivity index (χ1n) is 6.37. The van der Waals surface area contributed by atoms with E-state index < -0.39 is 10.0 Å². The largest absolute Gasteiger partial charge is 0.481 e. The Kier molecular flexibility index (Phi) is 3.82. The number of methoxy groups -OCH3 is 1. The van der Waals surface area contributed by atoms with Gasteiger partial charge < -0.3 is 4.74 Å². The first-order valence-corrected chi connectivity index (χ1v) is 7.86. The summed E-state index contributed by atoms with van der Waals surface area (Å²) < 4.78 is 32.3. The minimum atomic E-state index is -3.51. The standard InChI is InChI=1S/C13H20N2O3S/c1-13(2)8-4-5-11(13)15-19(16,17)10-6-7-12(18-3)14-9-10/h6-7,9,11,15H,4-5,8H2,1-3H3.